The number of aryl methyl sites for hydroxylation is 2. The van der Waals surface area contributed by atoms with Crippen LogP contribution in [0, 0.1) is 13.8 Å². The fourth-order valence-electron chi connectivity index (χ4n) is 3.13. The molecule has 0 aliphatic carbocycles. The lowest BCUT2D eigenvalue weighted by Gasteiger charge is -2.13. The predicted octanol–water partition coefficient (Wildman–Crippen LogP) is 2.65. The van der Waals surface area contributed by atoms with Gasteiger partial charge in [-0.25, -0.2) is 0 Å². The molecular formula is C16H29N3O. The molecule has 0 spiro atoms. The molecule has 1 aliphatic rings. The van der Waals surface area contributed by atoms with E-state index in [1.807, 2.05) is 11.7 Å². The van der Waals surface area contributed by atoms with E-state index in [1.165, 1.54) is 36.9 Å². The van der Waals surface area contributed by atoms with Gasteiger partial charge in [0.1, 0.15) is 0 Å². The van der Waals surface area contributed by atoms with Crippen molar-refractivity contribution in [1.82, 2.24) is 9.78 Å². The Morgan fingerprint density at radius 2 is 2.20 bits per heavy atom. The molecule has 1 fully saturated rings. The molecule has 20 heavy (non-hydrogen) atoms. The Bertz CT molecular complexity index is 422. The zero-order chi connectivity index (χ0) is 14.5. The Hall–Kier alpha value is -0.870. The van der Waals surface area contributed by atoms with Crippen molar-refractivity contribution in [2.45, 2.75) is 70.9 Å². The molecule has 4 heteroatoms. The van der Waals surface area contributed by atoms with E-state index in [2.05, 4.69) is 18.9 Å². The zero-order valence-corrected chi connectivity index (χ0v) is 13.2. The Labute approximate surface area is 122 Å². The van der Waals surface area contributed by atoms with Gasteiger partial charge < -0.3 is 10.5 Å². The summed E-state index contributed by atoms with van der Waals surface area (Å²) in [7, 11) is 2.01. The van der Waals surface area contributed by atoms with Gasteiger partial charge in [-0.1, -0.05) is 0 Å². The number of rotatable bonds is 7. The maximum atomic E-state index is 6.25. The van der Waals surface area contributed by atoms with Crippen molar-refractivity contribution in [3.63, 3.8) is 0 Å². The lowest BCUT2D eigenvalue weighted by molar-refractivity contribution is 0.101. The molecular weight excluding hydrogens is 250 g/mol. The van der Waals surface area contributed by atoms with Crippen molar-refractivity contribution in [2.75, 3.05) is 6.61 Å². The van der Waals surface area contributed by atoms with Gasteiger partial charge in [-0.15, -0.1) is 0 Å². The summed E-state index contributed by atoms with van der Waals surface area (Å²) in [6, 6.07) is 0.301. The molecule has 2 heterocycles. The van der Waals surface area contributed by atoms with Crippen LogP contribution in [0.25, 0.3) is 0 Å². The van der Waals surface area contributed by atoms with Crippen LogP contribution in [-0.4, -0.2) is 28.5 Å². The Kier molecular flexibility index (Phi) is 5.61. The van der Waals surface area contributed by atoms with Crippen molar-refractivity contribution in [2.24, 2.45) is 12.8 Å². The van der Waals surface area contributed by atoms with Crippen molar-refractivity contribution in [3.8, 4) is 0 Å². The largest absolute Gasteiger partial charge is 0.378 e. The standard InChI is InChI=1S/C16H29N3O/c1-12-16(13(2)19(3)18-12)10-9-14(17)6-4-7-15-8-5-11-20-15/h14-15H,4-11,17H2,1-3H3. The lowest BCUT2D eigenvalue weighted by atomic mass is 9.99. The first-order valence-electron chi connectivity index (χ1n) is 7.94. The minimum absolute atomic E-state index is 0.301. The Balaban J connectivity index is 1.67. The van der Waals surface area contributed by atoms with Crippen LogP contribution in [0.15, 0.2) is 0 Å². The smallest absolute Gasteiger partial charge is 0.0628 e. The second-order valence-corrected chi connectivity index (χ2v) is 6.14. The number of nitrogens with zero attached hydrogens (tertiary/aromatic N) is 2. The molecule has 0 radical (unpaired) electrons. The van der Waals surface area contributed by atoms with Crippen LogP contribution in [0.2, 0.25) is 0 Å². The monoisotopic (exact) mass is 279 g/mol. The van der Waals surface area contributed by atoms with E-state index in [0.29, 0.717) is 12.1 Å². The Morgan fingerprint density at radius 1 is 1.40 bits per heavy atom. The number of hydrogen-bond donors (Lipinski definition) is 1. The molecule has 0 saturated carbocycles. The first-order valence-corrected chi connectivity index (χ1v) is 7.94. The van der Waals surface area contributed by atoms with Crippen LogP contribution in [0.1, 0.15) is 55.5 Å². The summed E-state index contributed by atoms with van der Waals surface area (Å²) < 4.78 is 7.61. The molecule has 2 rings (SSSR count). The van der Waals surface area contributed by atoms with Gasteiger partial charge in [0.05, 0.1) is 11.8 Å². The van der Waals surface area contributed by atoms with E-state index in [4.69, 9.17) is 10.5 Å². The van der Waals surface area contributed by atoms with E-state index in [-0.39, 0.29) is 0 Å². The van der Waals surface area contributed by atoms with Crippen LogP contribution in [0.4, 0.5) is 0 Å². The van der Waals surface area contributed by atoms with Crippen molar-refractivity contribution in [1.29, 1.82) is 0 Å². The molecule has 2 N–H and O–H groups in total. The lowest BCUT2D eigenvalue weighted by Crippen LogP contribution is -2.21. The highest BCUT2D eigenvalue weighted by molar-refractivity contribution is 5.24. The van der Waals surface area contributed by atoms with Crippen LogP contribution in [-0.2, 0) is 18.2 Å². The van der Waals surface area contributed by atoms with Gasteiger partial charge in [0.25, 0.3) is 0 Å². The minimum Gasteiger partial charge on any atom is -0.378 e. The molecule has 0 bridgehead atoms. The first kappa shape index (κ1) is 15.5. The summed E-state index contributed by atoms with van der Waals surface area (Å²) in [5.74, 6) is 0. The molecule has 2 atom stereocenters. The van der Waals surface area contributed by atoms with Crippen LogP contribution in [0.5, 0.6) is 0 Å². The average molecular weight is 279 g/mol. The summed E-state index contributed by atoms with van der Waals surface area (Å²) >= 11 is 0. The third-order valence-electron chi connectivity index (χ3n) is 4.55. The molecule has 0 aromatic carbocycles. The number of nitrogens with two attached hydrogens (primary N) is 1. The fraction of sp³-hybridized carbons (Fsp3) is 0.812. The molecule has 2 unspecified atom stereocenters. The summed E-state index contributed by atoms with van der Waals surface area (Å²) in [6.45, 7) is 5.18. The molecule has 1 aliphatic heterocycles. The highest BCUT2D eigenvalue weighted by Gasteiger charge is 2.16. The number of aromatic nitrogens is 2. The number of ether oxygens (including phenoxy) is 1. The highest BCUT2D eigenvalue weighted by atomic mass is 16.5. The van der Waals surface area contributed by atoms with E-state index in [0.717, 1.165) is 31.6 Å². The van der Waals surface area contributed by atoms with Gasteiger partial charge in [-0.05, 0) is 64.4 Å². The van der Waals surface area contributed by atoms with Gasteiger partial charge in [-0.2, -0.15) is 5.10 Å². The second-order valence-electron chi connectivity index (χ2n) is 6.14. The van der Waals surface area contributed by atoms with E-state index < -0.39 is 0 Å². The van der Waals surface area contributed by atoms with Gasteiger partial charge in [0.2, 0.25) is 0 Å². The fourth-order valence-corrected chi connectivity index (χ4v) is 3.13. The molecule has 4 nitrogen and oxygen atoms in total. The quantitative estimate of drug-likeness (QED) is 0.835. The second kappa shape index (κ2) is 7.23. The van der Waals surface area contributed by atoms with Crippen LogP contribution < -0.4 is 5.73 Å². The van der Waals surface area contributed by atoms with E-state index in [1.54, 1.807) is 0 Å². The summed E-state index contributed by atoms with van der Waals surface area (Å²) in [4.78, 5) is 0. The van der Waals surface area contributed by atoms with Crippen molar-refractivity contribution < 1.29 is 4.74 Å². The van der Waals surface area contributed by atoms with Gasteiger partial charge in [-0.3, -0.25) is 4.68 Å². The van der Waals surface area contributed by atoms with Gasteiger partial charge in [0.15, 0.2) is 0 Å². The number of hydrogen-bond acceptors (Lipinski definition) is 3. The molecule has 0 amide bonds. The van der Waals surface area contributed by atoms with E-state index >= 15 is 0 Å². The third-order valence-corrected chi connectivity index (χ3v) is 4.55. The topological polar surface area (TPSA) is 53.1 Å². The normalized spacial score (nSPS) is 20.5. The van der Waals surface area contributed by atoms with Crippen LogP contribution in [0.3, 0.4) is 0 Å². The van der Waals surface area contributed by atoms with Crippen molar-refractivity contribution in [3.05, 3.63) is 17.0 Å². The van der Waals surface area contributed by atoms with Crippen molar-refractivity contribution >= 4 is 0 Å². The summed E-state index contributed by atoms with van der Waals surface area (Å²) in [5, 5.41) is 4.46. The molecule has 1 aromatic rings. The van der Waals surface area contributed by atoms with Crippen LogP contribution >= 0.6 is 0 Å². The maximum Gasteiger partial charge on any atom is 0.0628 e. The maximum absolute atomic E-state index is 6.25. The average Bonchev–Trinajstić information content (AvgIpc) is 2.98. The van der Waals surface area contributed by atoms with Gasteiger partial charge in [0, 0.05) is 25.4 Å². The highest BCUT2D eigenvalue weighted by Crippen LogP contribution is 2.19. The molecule has 1 aromatic heterocycles. The predicted molar refractivity (Wildman–Crippen MR) is 81.8 cm³/mol. The zero-order valence-electron chi connectivity index (χ0n) is 13.2. The first-order chi connectivity index (χ1) is 9.58. The summed E-state index contributed by atoms with van der Waals surface area (Å²) in [5.41, 5.74) is 10.0. The third kappa shape index (κ3) is 4.06. The SMILES string of the molecule is Cc1nn(C)c(C)c1CCC(N)CCCC1CCCO1. The Morgan fingerprint density at radius 3 is 2.80 bits per heavy atom. The summed E-state index contributed by atoms with van der Waals surface area (Å²) in [6.07, 6.45) is 8.56. The molecule has 114 valence electrons. The van der Waals surface area contributed by atoms with E-state index in [9.17, 15) is 0 Å². The van der Waals surface area contributed by atoms with Gasteiger partial charge >= 0.3 is 0 Å². The minimum atomic E-state index is 0.301. The molecule has 1 saturated heterocycles.